The average Bonchev–Trinajstić information content (AvgIpc) is 2.61. The quantitative estimate of drug-likeness (QED) is 0.850. The van der Waals surface area contributed by atoms with E-state index >= 15 is 0 Å². The highest BCUT2D eigenvalue weighted by Gasteiger charge is 2.34. The summed E-state index contributed by atoms with van der Waals surface area (Å²) in [5.41, 5.74) is 1.47. The number of ether oxygens (including phenoxy) is 2. The van der Waals surface area contributed by atoms with Gasteiger partial charge in [0.25, 0.3) is 5.91 Å². The van der Waals surface area contributed by atoms with Crippen LogP contribution in [0.25, 0.3) is 0 Å². The van der Waals surface area contributed by atoms with Crippen LogP contribution in [-0.4, -0.2) is 49.8 Å². The van der Waals surface area contributed by atoms with E-state index in [9.17, 15) is 18.4 Å². The molecule has 9 heteroatoms. The number of carbonyl (C=O) groups excluding carboxylic acids is 2. The van der Waals surface area contributed by atoms with Crippen molar-refractivity contribution in [3.63, 3.8) is 0 Å². The van der Waals surface area contributed by atoms with Gasteiger partial charge in [-0.05, 0) is 24.6 Å². The van der Waals surface area contributed by atoms with Crippen molar-refractivity contribution in [2.24, 2.45) is 0 Å². The largest absolute Gasteiger partial charge is 0.435 e. The number of urea groups is 1. The number of carbonyl (C=O) groups is 2. The van der Waals surface area contributed by atoms with Gasteiger partial charge in [0.05, 0.1) is 24.8 Å². The highest BCUT2D eigenvalue weighted by atomic mass is 19.3. The minimum Gasteiger partial charge on any atom is -0.435 e. The van der Waals surface area contributed by atoms with Crippen LogP contribution >= 0.6 is 0 Å². The Balaban J connectivity index is 1.88. The zero-order valence-corrected chi connectivity index (χ0v) is 14.1. The SMILES string of the molecule is CC1=C(C(=O)N2CCOCC2)[C@@H](c2ccc(OC(F)F)cc2)NC(=O)N1. The van der Waals surface area contributed by atoms with Crippen LogP contribution in [0.4, 0.5) is 13.6 Å². The van der Waals surface area contributed by atoms with Crippen LogP contribution < -0.4 is 15.4 Å². The third-order valence-electron chi connectivity index (χ3n) is 4.24. The third-order valence-corrected chi connectivity index (χ3v) is 4.24. The maximum Gasteiger partial charge on any atom is 0.387 e. The Bertz CT molecular complexity index is 715. The number of allylic oxidation sites excluding steroid dienone is 1. The number of hydrogen-bond acceptors (Lipinski definition) is 4. The van der Waals surface area contributed by atoms with E-state index in [2.05, 4.69) is 15.4 Å². The number of alkyl halides is 2. The lowest BCUT2D eigenvalue weighted by atomic mass is 9.94. The zero-order chi connectivity index (χ0) is 18.7. The van der Waals surface area contributed by atoms with Crippen molar-refractivity contribution >= 4 is 11.9 Å². The summed E-state index contributed by atoms with van der Waals surface area (Å²) in [7, 11) is 0. The molecule has 1 aromatic carbocycles. The molecule has 0 unspecified atom stereocenters. The normalized spacial score (nSPS) is 20.7. The molecule has 140 valence electrons. The van der Waals surface area contributed by atoms with Crippen LogP contribution in [0.15, 0.2) is 35.5 Å². The molecule has 0 saturated carbocycles. The molecule has 0 aromatic heterocycles. The molecule has 3 rings (SSSR count). The summed E-state index contributed by atoms with van der Waals surface area (Å²) in [5, 5.41) is 5.33. The fraction of sp³-hybridized carbons (Fsp3) is 0.412. The number of nitrogens with one attached hydrogen (secondary N) is 2. The van der Waals surface area contributed by atoms with Gasteiger partial charge < -0.3 is 25.0 Å². The second kappa shape index (κ2) is 7.69. The fourth-order valence-corrected chi connectivity index (χ4v) is 3.01. The Morgan fingerprint density at radius 2 is 1.92 bits per heavy atom. The molecule has 1 aromatic rings. The van der Waals surface area contributed by atoms with E-state index < -0.39 is 18.7 Å². The molecule has 0 spiro atoms. The number of morpholine rings is 1. The summed E-state index contributed by atoms with van der Waals surface area (Å²) in [6, 6.07) is 4.74. The molecule has 2 heterocycles. The predicted molar refractivity (Wildman–Crippen MR) is 87.6 cm³/mol. The van der Waals surface area contributed by atoms with Crippen LogP contribution in [0, 0.1) is 0 Å². The van der Waals surface area contributed by atoms with Crippen LogP contribution in [-0.2, 0) is 9.53 Å². The second-order valence-corrected chi connectivity index (χ2v) is 5.92. The summed E-state index contributed by atoms with van der Waals surface area (Å²) in [4.78, 5) is 26.5. The van der Waals surface area contributed by atoms with E-state index in [0.717, 1.165) is 0 Å². The predicted octanol–water partition coefficient (Wildman–Crippen LogP) is 1.77. The smallest absolute Gasteiger partial charge is 0.387 e. The van der Waals surface area contributed by atoms with Gasteiger partial charge >= 0.3 is 12.6 Å². The van der Waals surface area contributed by atoms with Crippen molar-refractivity contribution in [3.05, 3.63) is 41.1 Å². The lowest BCUT2D eigenvalue weighted by molar-refractivity contribution is -0.131. The number of halogens is 2. The summed E-state index contributed by atoms with van der Waals surface area (Å²) in [5.74, 6) is -0.193. The molecule has 7 nitrogen and oxygen atoms in total. The van der Waals surface area contributed by atoms with E-state index in [1.54, 1.807) is 24.0 Å². The van der Waals surface area contributed by atoms with Gasteiger partial charge in [-0.2, -0.15) is 8.78 Å². The highest BCUT2D eigenvalue weighted by Crippen LogP contribution is 2.29. The maximum atomic E-state index is 13.0. The van der Waals surface area contributed by atoms with Crippen molar-refractivity contribution in [2.75, 3.05) is 26.3 Å². The first-order valence-corrected chi connectivity index (χ1v) is 8.16. The van der Waals surface area contributed by atoms with Gasteiger partial charge in [-0.3, -0.25) is 4.79 Å². The summed E-state index contributed by atoms with van der Waals surface area (Å²) in [6.07, 6.45) is 0. The lowest BCUT2D eigenvalue weighted by Crippen LogP contribution is -2.49. The van der Waals surface area contributed by atoms with Crippen LogP contribution in [0.2, 0.25) is 0 Å². The van der Waals surface area contributed by atoms with Crippen LogP contribution in [0.5, 0.6) is 5.75 Å². The molecular formula is C17H19F2N3O4. The maximum absolute atomic E-state index is 13.0. The molecule has 2 N–H and O–H groups in total. The third kappa shape index (κ3) is 3.93. The van der Waals surface area contributed by atoms with Gasteiger partial charge in [-0.25, -0.2) is 4.79 Å². The Labute approximate surface area is 148 Å². The molecule has 1 saturated heterocycles. The van der Waals surface area contributed by atoms with Crippen molar-refractivity contribution in [2.45, 2.75) is 19.6 Å². The van der Waals surface area contributed by atoms with Gasteiger partial charge in [-0.1, -0.05) is 12.1 Å². The number of nitrogens with zero attached hydrogens (tertiary/aromatic N) is 1. The number of benzene rings is 1. The van der Waals surface area contributed by atoms with E-state index in [-0.39, 0.29) is 11.7 Å². The first-order valence-electron chi connectivity index (χ1n) is 8.16. The Kier molecular flexibility index (Phi) is 5.36. The molecule has 1 atom stereocenters. The summed E-state index contributed by atoms with van der Waals surface area (Å²) in [6.45, 7) is 0.604. The minimum atomic E-state index is -2.92. The number of rotatable bonds is 4. The number of hydrogen-bond donors (Lipinski definition) is 2. The van der Waals surface area contributed by atoms with Crippen LogP contribution in [0.1, 0.15) is 18.5 Å². The molecule has 0 bridgehead atoms. The monoisotopic (exact) mass is 367 g/mol. The van der Waals surface area contributed by atoms with Crippen molar-refractivity contribution in [3.8, 4) is 5.75 Å². The Morgan fingerprint density at radius 3 is 2.54 bits per heavy atom. The molecule has 2 aliphatic rings. The van der Waals surface area contributed by atoms with Gasteiger partial charge in [0.2, 0.25) is 0 Å². The standard InChI is InChI=1S/C17H19F2N3O4/c1-10-13(15(23)22-6-8-25-9-7-22)14(21-17(24)20-10)11-2-4-12(5-3-11)26-16(18)19/h2-5,14,16H,6-9H2,1H3,(H2,20,21,24)/t14-/m1/s1. The van der Waals surface area contributed by atoms with E-state index in [4.69, 9.17) is 4.74 Å². The van der Waals surface area contributed by atoms with Crippen LogP contribution in [0.3, 0.4) is 0 Å². The molecule has 0 aliphatic carbocycles. The topological polar surface area (TPSA) is 79.9 Å². The fourth-order valence-electron chi connectivity index (χ4n) is 3.01. The molecule has 0 radical (unpaired) electrons. The Morgan fingerprint density at radius 1 is 1.27 bits per heavy atom. The zero-order valence-electron chi connectivity index (χ0n) is 14.1. The van der Waals surface area contributed by atoms with Gasteiger partial charge in [0.15, 0.2) is 0 Å². The molecule has 2 aliphatic heterocycles. The Hall–Kier alpha value is -2.68. The lowest BCUT2D eigenvalue weighted by Gasteiger charge is -2.34. The van der Waals surface area contributed by atoms with E-state index in [1.165, 1.54) is 12.1 Å². The minimum absolute atomic E-state index is 0.00534. The average molecular weight is 367 g/mol. The van der Waals surface area contributed by atoms with E-state index in [1.807, 2.05) is 0 Å². The van der Waals surface area contributed by atoms with Gasteiger partial charge in [0, 0.05) is 18.8 Å². The van der Waals surface area contributed by atoms with Gasteiger partial charge in [-0.15, -0.1) is 0 Å². The van der Waals surface area contributed by atoms with E-state index in [0.29, 0.717) is 43.1 Å². The highest BCUT2D eigenvalue weighted by molar-refractivity contribution is 5.98. The molecule has 26 heavy (non-hydrogen) atoms. The first-order chi connectivity index (χ1) is 12.5. The number of amides is 3. The molecular weight excluding hydrogens is 348 g/mol. The van der Waals surface area contributed by atoms with Gasteiger partial charge in [0.1, 0.15) is 5.75 Å². The van der Waals surface area contributed by atoms with Crippen molar-refractivity contribution in [1.82, 2.24) is 15.5 Å². The van der Waals surface area contributed by atoms with Crippen molar-refractivity contribution in [1.29, 1.82) is 0 Å². The molecule has 1 fully saturated rings. The summed E-state index contributed by atoms with van der Waals surface area (Å²) >= 11 is 0. The second-order valence-electron chi connectivity index (χ2n) is 5.92. The first kappa shape index (κ1) is 18.1. The molecule has 3 amide bonds. The summed E-state index contributed by atoms with van der Waals surface area (Å²) < 4.78 is 34.2. The van der Waals surface area contributed by atoms with Crippen molar-refractivity contribution < 1.29 is 27.8 Å².